The molecule has 2 aromatic carbocycles. The van der Waals surface area contributed by atoms with Crippen molar-refractivity contribution in [1.82, 2.24) is 9.13 Å². The number of Topliss-reactive ketones (excluding diaryl/α,β-unsaturated/α-hetero) is 1. The van der Waals surface area contributed by atoms with Crippen LogP contribution in [0.1, 0.15) is 21.5 Å². The highest BCUT2D eigenvalue weighted by Crippen LogP contribution is 2.30. The maximum absolute atomic E-state index is 13.1. The van der Waals surface area contributed by atoms with Crippen molar-refractivity contribution in [2.45, 2.75) is 13.1 Å². The van der Waals surface area contributed by atoms with Gasteiger partial charge in [-0.15, -0.1) is 0 Å². The first kappa shape index (κ1) is 23.8. The van der Waals surface area contributed by atoms with Crippen LogP contribution in [0.25, 0.3) is 0 Å². The lowest BCUT2D eigenvalue weighted by Crippen LogP contribution is -3.08. The number of hydrogen-bond acceptors (Lipinski definition) is 6. The van der Waals surface area contributed by atoms with Crippen LogP contribution in [0.4, 0.5) is 5.82 Å². The normalized spacial score (nSPS) is 11.8. The first-order valence-corrected chi connectivity index (χ1v) is 10.5. The van der Waals surface area contributed by atoms with E-state index in [1.165, 1.54) is 11.6 Å². The van der Waals surface area contributed by atoms with Gasteiger partial charge >= 0.3 is 5.69 Å². The number of carbonyl (C=O) groups excluding carboxylic acids is 1. The molecule has 1 heterocycles. The topological polar surface area (TPSA) is 110 Å². The number of ether oxygens (including phenoxy) is 2. The summed E-state index contributed by atoms with van der Waals surface area (Å²) in [6.45, 7) is 0.614. The van der Waals surface area contributed by atoms with Gasteiger partial charge in [-0.25, -0.2) is 4.79 Å². The molecule has 1 aromatic heterocycles. The van der Waals surface area contributed by atoms with Crippen molar-refractivity contribution in [1.29, 1.82) is 0 Å². The molecule has 174 valence electrons. The van der Waals surface area contributed by atoms with E-state index in [9.17, 15) is 14.4 Å². The second-order valence-electron chi connectivity index (χ2n) is 7.87. The van der Waals surface area contributed by atoms with Crippen LogP contribution in [0.3, 0.4) is 0 Å². The lowest BCUT2D eigenvalue weighted by molar-refractivity contribution is -0.884. The Kier molecular flexibility index (Phi) is 7.34. The van der Waals surface area contributed by atoms with Crippen LogP contribution in [-0.4, -0.2) is 42.7 Å². The number of aromatic nitrogens is 2. The zero-order valence-corrected chi connectivity index (χ0v) is 19.3. The van der Waals surface area contributed by atoms with E-state index in [0.29, 0.717) is 18.0 Å². The lowest BCUT2D eigenvalue weighted by Gasteiger charge is -2.18. The first-order chi connectivity index (χ1) is 15.8. The summed E-state index contributed by atoms with van der Waals surface area (Å²) in [7, 11) is 6.30. The molecule has 3 rings (SSSR count). The molecule has 0 saturated carbocycles. The SMILES string of the molecule is COc1cccc(C[NH+](C)CC(=O)c2c(N)n(Cc3ccccc3)c(=O)n(C)c2=O)c1OC. The summed E-state index contributed by atoms with van der Waals surface area (Å²) in [5, 5.41) is 0. The number of rotatable bonds is 9. The van der Waals surface area contributed by atoms with E-state index in [0.717, 1.165) is 20.6 Å². The number of hydrogen-bond donors (Lipinski definition) is 2. The van der Waals surface area contributed by atoms with E-state index < -0.39 is 17.0 Å². The molecule has 0 amide bonds. The zero-order valence-electron chi connectivity index (χ0n) is 19.3. The largest absolute Gasteiger partial charge is 0.493 e. The van der Waals surface area contributed by atoms with Gasteiger partial charge in [0, 0.05) is 7.05 Å². The van der Waals surface area contributed by atoms with Gasteiger partial charge in [0.2, 0.25) is 5.78 Å². The molecule has 0 bridgehead atoms. The number of nitrogens with zero attached hydrogens (tertiary/aromatic N) is 2. The number of benzene rings is 2. The summed E-state index contributed by atoms with van der Waals surface area (Å²) >= 11 is 0. The Hall–Kier alpha value is -3.85. The predicted molar refractivity (Wildman–Crippen MR) is 125 cm³/mol. The Labute approximate surface area is 191 Å². The van der Waals surface area contributed by atoms with Crippen molar-refractivity contribution >= 4 is 11.6 Å². The molecule has 9 heteroatoms. The Balaban J connectivity index is 1.90. The molecule has 1 unspecified atom stereocenters. The Morgan fingerprint density at radius 2 is 1.73 bits per heavy atom. The van der Waals surface area contributed by atoms with E-state index in [1.54, 1.807) is 20.3 Å². The molecule has 33 heavy (non-hydrogen) atoms. The molecular formula is C24H29N4O5+. The number of methoxy groups -OCH3 is 2. The summed E-state index contributed by atoms with van der Waals surface area (Å²) in [4.78, 5) is 39.4. The van der Waals surface area contributed by atoms with Gasteiger partial charge in [0.05, 0.1) is 33.4 Å². The minimum atomic E-state index is -0.696. The quantitative estimate of drug-likeness (QED) is 0.445. The van der Waals surface area contributed by atoms with Gasteiger partial charge < -0.3 is 20.1 Å². The molecule has 0 aliphatic heterocycles. The number of likely N-dealkylation sites (N-methyl/N-ethyl adjacent to an activating group) is 1. The molecule has 3 aromatic rings. The van der Waals surface area contributed by atoms with E-state index >= 15 is 0 Å². The van der Waals surface area contributed by atoms with Gasteiger partial charge in [-0.2, -0.15) is 0 Å². The van der Waals surface area contributed by atoms with Crippen LogP contribution in [0.5, 0.6) is 11.5 Å². The summed E-state index contributed by atoms with van der Waals surface area (Å²) in [6, 6.07) is 14.8. The zero-order chi connectivity index (χ0) is 24.1. The van der Waals surface area contributed by atoms with Gasteiger partial charge in [-0.3, -0.25) is 18.7 Å². The van der Waals surface area contributed by atoms with Gasteiger partial charge in [-0.05, 0) is 17.7 Å². The number of ketones is 1. The highest BCUT2D eigenvalue weighted by molar-refractivity contribution is 6.00. The summed E-state index contributed by atoms with van der Waals surface area (Å²) < 4.78 is 13.0. The fourth-order valence-corrected chi connectivity index (χ4v) is 3.81. The molecule has 0 spiro atoms. The number of para-hydroxylation sites is 1. The van der Waals surface area contributed by atoms with E-state index in [4.69, 9.17) is 15.2 Å². The van der Waals surface area contributed by atoms with Crippen molar-refractivity contribution in [3.05, 3.63) is 86.1 Å². The Morgan fingerprint density at radius 1 is 1.03 bits per heavy atom. The number of quaternary nitrogens is 1. The molecular weight excluding hydrogens is 424 g/mol. The summed E-state index contributed by atoms with van der Waals surface area (Å²) in [6.07, 6.45) is 0. The standard InChI is InChI=1S/C24H28N4O5/c1-26(14-17-11-8-12-19(32-3)21(17)33-4)15-18(29)20-22(25)28(24(31)27(2)23(20)30)13-16-9-6-5-7-10-16/h5-12H,13-15,25H2,1-4H3/p+1. The minimum Gasteiger partial charge on any atom is -0.493 e. The number of nitrogen functional groups attached to an aromatic ring is 1. The van der Waals surface area contributed by atoms with Crippen LogP contribution >= 0.6 is 0 Å². The third-order valence-electron chi connectivity index (χ3n) is 5.48. The smallest absolute Gasteiger partial charge is 0.332 e. The van der Waals surface area contributed by atoms with E-state index in [2.05, 4.69) is 0 Å². The summed E-state index contributed by atoms with van der Waals surface area (Å²) in [5.74, 6) is 0.636. The first-order valence-electron chi connectivity index (χ1n) is 10.5. The number of carbonyl (C=O) groups is 1. The van der Waals surface area contributed by atoms with Crippen molar-refractivity contribution in [3.63, 3.8) is 0 Å². The second-order valence-corrected chi connectivity index (χ2v) is 7.87. The van der Waals surface area contributed by atoms with Gasteiger partial charge in [0.1, 0.15) is 24.5 Å². The minimum absolute atomic E-state index is 0.00332. The molecule has 9 nitrogen and oxygen atoms in total. The van der Waals surface area contributed by atoms with Crippen molar-refractivity contribution < 1.29 is 19.2 Å². The molecule has 1 atom stereocenters. The predicted octanol–water partition coefficient (Wildman–Crippen LogP) is 0.0923. The van der Waals surface area contributed by atoms with Gasteiger partial charge in [-0.1, -0.05) is 36.4 Å². The number of nitrogens with two attached hydrogens (primary N) is 1. The molecule has 3 N–H and O–H groups in total. The third kappa shape index (κ3) is 4.98. The average molecular weight is 454 g/mol. The third-order valence-corrected chi connectivity index (χ3v) is 5.48. The molecule has 0 fully saturated rings. The van der Waals surface area contributed by atoms with Crippen LogP contribution in [0.15, 0.2) is 58.1 Å². The monoisotopic (exact) mass is 453 g/mol. The maximum Gasteiger partial charge on any atom is 0.332 e. The van der Waals surface area contributed by atoms with E-state index in [-0.39, 0.29) is 24.5 Å². The van der Waals surface area contributed by atoms with Crippen molar-refractivity contribution in [3.8, 4) is 11.5 Å². The fraction of sp³-hybridized carbons (Fsp3) is 0.292. The van der Waals surface area contributed by atoms with Crippen LogP contribution < -0.4 is 31.4 Å². The maximum atomic E-state index is 13.1. The average Bonchev–Trinajstić information content (AvgIpc) is 2.81. The fourth-order valence-electron chi connectivity index (χ4n) is 3.81. The van der Waals surface area contributed by atoms with Crippen LogP contribution in [-0.2, 0) is 20.1 Å². The molecule has 0 aliphatic carbocycles. The molecule has 0 radical (unpaired) electrons. The van der Waals surface area contributed by atoms with Crippen molar-refractivity contribution in [2.24, 2.45) is 7.05 Å². The second kappa shape index (κ2) is 10.2. The van der Waals surface area contributed by atoms with Crippen molar-refractivity contribution in [2.75, 3.05) is 33.5 Å². The Bertz CT molecular complexity index is 1260. The van der Waals surface area contributed by atoms with Crippen LogP contribution in [0, 0.1) is 0 Å². The summed E-state index contributed by atoms with van der Waals surface area (Å²) in [5.41, 5.74) is 6.44. The van der Waals surface area contributed by atoms with Gasteiger partial charge in [0.25, 0.3) is 5.56 Å². The molecule has 0 saturated heterocycles. The number of anilines is 1. The van der Waals surface area contributed by atoms with Crippen LogP contribution in [0.2, 0.25) is 0 Å². The number of nitrogens with one attached hydrogen (secondary N) is 1. The highest BCUT2D eigenvalue weighted by Gasteiger charge is 2.25. The van der Waals surface area contributed by atoms with Gasteiger partial charge in [0.15, 0.2) is 11.5 Å². The Morgan fingerprint density at radius 3 is 2.36 bits per heavy atom. The highest BCUT2D eigenvalue weighted by atomic mass is 16.5. The van der Waals surface area contributed by atoms with E-state index in [1.807, 2.05) is 49.5 Å². The molecule has 0 aliphatic rings. The lowest BCUT2D eigenvalue weighted by atomic mass is 10.1.